The first-order valence-electron chi connectivity index (χ1n) is 5.24. The van der Waals surface area contributed by atoms with Gasteiger partial charge >= 0.3 is 5.97 Å². The van der Waals surface area contributed by atoms with Gasteiger partial charge in [0.15, 0.2) is 5.76 Å². The molecule has 0 aromatic carbocycles. The highest BCUT2D eigenvalue weighted by molar-refractivity contribution is 5.93. The van der Waals surface area contributed by atoms with Crippen LogP contribution in [0.1, 0.15) is 34.5 Å². The summed E-state index contributed by atoms with van der Waals surface area (Å²) in [6.07, 6.45) is 0.727. The fourth-order valence-electron chi connectivity index (χ4n) is 1.68. The van der Waals surface area contributed by atoms with Crippen molar-refractivity contribution in [2.45, 2.75) is 18.9 Å². The number of hydrogen-bond acceptors (Lipinski definition) is 4. The predicted octanol–water partition coefficient (Wildman–Crippen LogP) is 0.887. The number of carboxylic acids is 1. The molecule has 1 amide bonds. The van der Waals surface area contributed by atoms with E-state index < -0.39 is 17.4 Å². The molecule has 1 aliphatic heterocycles. The molecule has 17 heavy (non-hydrogen) atoms. The second-order valence-corrected chi connectivity index (χ2v) is 4.29. The number of ether oxygens (including phenoxy) is 1. The van der Waals surface area contributed by atoms with Gasteiger partial charge in [-0.1, -0.05) is 0 Å². The van der Waals surface area contributed by atoms with Crippen molar-refractivity contribution in [2.75, 3.05) is 13.2 Å². The Kier molecular flexibility index (Phi) is 2.89. The quantitative estimate of drug-likeness (QED) is 0.817. The van der Waals surface area contributed by atoms with Crippen molar-refractivity contribution in [1.29, 1.82) is 0 Å². The van der Waals surface area contributed by atoms with Gasteiger partial charge in [0.05, 0.1) is 12.1 Å². The predicted molar refractivity (Wildman–Crippen MR) is 57.0 cm³/mol. The maximum absolute atomic E-state index is 11.8. The molecule has 0 radical (unpaired) electrons. The summed E-state index contributed by atoms with van der Waals surface area (Å²) < 4.78 is 10.1. The van der Waals surface area contributed by atoms with Crippen LogP contribution in [0.2, 0.25) is 0 Å². The van der Waals surface area contributed by atoms with E-state index in [0.29, 0.717) is 13.2 Å². The lowest BCUT2D eigenvalue weighted by molar-refractivity contribution is 0.0658. The minimum absolute atomic E-state index is 0.00414. The largest absolute Gasteiger partial charge is 0.475 e. The zero-order valence-electron chi connectivity index (χ0n) is 9.36. The number of carboxylic acid groups (broad SMARTS) is 1. The summed E-state index contributed by atoms with van der Waals surface area (Å²) >= 11 is 0. The molecule has 0 spiro atoms. The molecule has 6 nitrogen and oxygen atoms in total. The lowest BCUT2D eigenvalue weighted by atomic mass is 10.0. The van der Waals surface area contributed by atoms with Gasteiger partial charge in [-0.05, 0) is 25.5 Å². The minimum atomic E-state index is -1.19. The van der Waals surface area contributed by atoms with E-state index in [9.17, 15) is 9.59 Å². The van der Waals surface area contributed by atoms with E-state index in [-0.39, 0.29) is 11.5 Å². The Balaban J connectivity index is 2.06. The van der Waals surface area contributed by atoms with E-state index in [0.717, 1.165) is 6.42 Å². The number of carbonyl (C=O) groups is 2. The molecule has 0 saturated carbocycles. The summed E-state index contributed by atoms with van der Waals surface area (Å²) in [5, 5.41) is 11.4. The number of aromatic carboxylic acids is 1. The number of nitrogens with one attached hydrogen (secondary N) is 1. The second kappa shape index (κ2) is 4.21. The van der Waals surface area contributed by atoms with Gasteiger partial charge < -0.3 is 19.6 Å². The smallest absolute Gasteiger partial charge is 0.371 e. The van der Waals surface area contributed by atoms with Crippen LogP contribution < -0.4 is 5.32 Å². The van der Waals surface area contributed by atoms with Crippen molar-refractivity contribution in [3.05, 3.63) is 23.7 Å². The molecule has 2 N–H and O–H groups in total. The fraction of sp³-hybridized carbons (Fsp3) is 0.455. The van der Waals surface area contributed by atoms with Gasteiger partial charge in [0.2, 0.25) is 5.76 Å². The molecule has 0 unspecified atom stereocenters. The molecule has 1 aromatic heterocycles. The third kappa shape index (κ3) is 2.47. The average molecular weight is 239 g/mol. The van der Waals surface area contributed by atoms with Crippen LogP contribution in [0.4, 0.5) is 0 Å². The molecule has 1 aliphatic rings. The van der Waals surface area contributed by atoms with Crippen molar-refractivity contribution in [2.24, 2.45) is 0 Å². The van der Waals surface area contributed by atoms with Crippen LogP contribution in [0.25, 0.3) is 0 Å². The van der Waals surface area contributed by atoms with Gasteiger partial charge in [0, 0.05) is 6.61 Å². The monoisotopic (exact) mass is 239 g/mol. The zero-order valence-corrected chi connectivity index (χ0v) is 9.36. The summed E-state index contributed by atoms with van der Waals surface area (Å²) in [5.41, 5.74) is -0.409. The summed E-state index contributed by atoms with van der Waals surface area (Å²) in [6, 6.07) is 2.60. The van der Waals surface area contributed by atoms with Crippen LogP contribution in [0, 0.1) is 0 Å². The number of rotatable bonds is 3. The minimum Gasteiger partial charge on any atom is -0.475 e. The normalized spacial score (nSPS) is 23.6. The Labute approximate surface area is 97.6 Å². The molecule has 1 fully saturated rings. The second-order valence-electron chi connectivity index (χ2n) is 4.29. The van der Waals surface area contributed by atoms with Gasteiger partial charge in [0.1, 0.15) is 0 Å². The number of amides is 1. The van der Waals surface area contributed by atoms with Crippen molar-refractivity contribution < 1.29 is 23.8 Å². The molecule has 2 rings (SSSR count). The Morgan fingerprint density at radius 1 is 1.41 bits per heavy atom. The Bertz CT molecular complexity index is 444. The molecule has 0 bridgehead atoms. The molecular formula is C11H13NO5. The van der Waals surface area contributed by atoms with Crippen LogP contribution in [-0.2, 0) is 4.74 Å². The Morgan fingerprint density at radius 3 is 2.65 bits per heavy atom. The van der Waals surface area contributed by atoms with E-state index in [2.05, 4.69) is 5.32 Å². The summed E-state index contributed by atoms with van der Waals surface area (Å²) in [4.78, 5) is 22.4. The average Bonchev–Trinajstić information content (AvgIpc) is 2.86. The molecule has 1 aromatic rings. The highest BCUT2D eigenvalue weighted by Gasteiger charge is 2.32. The van der Waals surface area contributed by atoms with Gasteiger partial charge in [-0.2, -0.15) is 0 Å². The summed E-state index contributed by atoms with van der Waals surface area (Å²) in [6.45, 7) is 2.93. The highest BCUT2D eigenvalue weighted by Crippen LogP contribution is 2.18. The molecule has 6 heteroatoms. The van der Waals surface area contributed by atoms with Crippen LogP contribution in [-0.4, -0.2) is 35.7 Å². The number of furan rings is 1. The van der Waals surface area contributed by atoms with Crippen LogP contribution >= 0.6 is 0 Å². The molecule has 2 heterocycles. The highest BCUT2D eigenvalue weighted by atomic mass is 16.5. The van der Waals surface area contributed by atoms with Crippen LogP contribution in [0.3, 0.4) is 0 Å². The van der Waals surface area contributed by atoms with Crippen molar-refractivity contribution in [1.82, 2.24) is 5.32 Å². The van der Waals surface area contributed by atoms with E-state index >= 15 is 0 Å². The first-order valence-corrected chi connectivity index (χ1v) is 5.24. The Hall–Kier alpha value is -1.82. The standard InChI is InChI=1S/C11H13NO5/c1-11(4-5-16-6-11)12-9(13)7-2-3-8(17-7)10(14)15/h2-3H,4-6H2,1H3,(H,12,13)(H,14,15)/t11-/m0/s1. The van der Waals surface area contributed by atoms with Crippen LogP contribution in [0.5, 0.6) is 0 Å². The zero-order chi connectivity index (χ0) is 12.5. The van der Waals surface area contributed by atoms with Gasteiger partial charge in [0.25, 0.3) is 5.91 Å². The van der Waals surface area contributed by atoms with Crippen molar-refractivity contribution in [3.8, 4) is 0 Å². The molecule has 0 aliphatic carbocycles. The molecule has 1 saturated heterocycles. The van der Waals surface area contributed by atoms with Gasteiger partial charge in [-0.25, -0.2) is 4.79 Å². The molecule has 92 valence electrons. The maximum Gasteiger partial charge on any atom is 0.371 e. The van der Waals surface area contributed by atoms with E-state index in [4.69, 9.17) is 14.3 Å². The maximum atomic E-state index is 11.8. The fourth-order valence-corrected chi connectivity index (χ4v) is 1.68. The number of carbonyl (C=O) groups excluding carboxylic acids is 1. The summed E-state index contributed by atoms with van der Waals surface area (Å²) in [7, 11) is 0. The summed E-state index contributed by atoms with van der Waals surface area (Å²) in [5.74, 6) is -1.87. The first kappa shape index (κ1) is 11.7. The third-order valence-corrected chi connectivity index (χ3v) is 2.67. The molecular weight excluding hydrogens is 226 g/mol. The topological polar surface area (TPSA) is 88.8 Å². The van der Waals surface area contributed by atoms with Gasteiger partial charge in [-0.15, -0.1) is 0 Å². The van der Waals surface area contributed by atoms with Crippen molar-refractivity contribution in [3.63, 3.8) is 0 Å². The van der Waals surface area contributed by atoms with E-state index in [1.165, 1.54) is 12.1 Å². The lowest BCUT2D eigenvalue weighted by Gasteiger charge is -2.22. The van der Waals surface area contributed by atoms with Crippen molar-refractivity contribution >= 4 is 11.9 Å². The Morgan fingerprint density at radius 2 is 2.12 bits per heavy atom. The van der Waals surface area contributed by atoms with Gasteiger partial charge in [-0.3, -0.25) is 4.79 Å². The van der Waals surface area contributed by atoms with E-state index in [1.807, 2.05) is 6.92 Å². The SMILES string of the molecule is C[C@]1(NC(=O)c2ccc(C(=O)O)o2)CCOC1. The third-order valence-electron chi connectivity index (χ3n) is 2.67. The first-order chi connectivity index (χ1) is 8.00. The molecule has 1 atom stereocenters. The van der Waals surface area contributed by atoms with E-state index in [1.54, 1.807) is 0 Å². The lowest BCUT2D eigenvalue weighted by Crippen LogP contribution is -2.46. The number of hydrogen-bond donors (Lipinski definition) is 2. The van der Waals surface area contributed by atoms with Crippen LogP contribution in [0.15, 0.2) is 16.5 Å².